The van der Waals surface area contributed by atoms with Crippen molar-refractivity contribution in [3.05, 3.63) is 29.8 Å². The first-order chi connectivity index (χ1) is 35.0. The van der Waals surface area contributed by atoms with Gasteiger partial charge in [0.1, 0.15) is 48.0 Å². The number of hydrogen-bond acceptors (Lipinski definition) is 14. The van der Waals surface area contributed by atoms with Gasteiger partial charge in [-0.2, -0.15) is 0 Å². The number of unbranched alkanes of at least 4 members (excludes halogenated alkanes) is 5. The second kappa shape index (κ2) is 30.6. The van der Waals surface area contributed by atoms with Crippen molar-refractivity contribution >= 4 is 70.9 Å². The number of nitrogens with two attached hydrogens (primary N) is 4. The number of carbonyl (C=O) groups excluding carboxylic acids is 12. The van der Waals surface area contributed by atoms with Gasteiger partial charge in [-0.25, -0.2) is 0 Å². The van der Waals surface area contributed by atoms with Crippen LogP contribution in [0.2, 0.25) is 0 Å². The number of primary amides is 4. The predicted molar refractivity (Wildman–Crippen MR) is 263 cm³/mol. The molecule has 1 aromatic rings. The molecule has 410 valence electrons. The van der Waals surface area contributed by atoms with Crippen molar-refractivity contribution in [2.75, 3.05) is 13.2 Å². The molecule has 1 aromatic carbocycles. The molecule has 2 fully saturated rings. The topological polar surface area (TPSA) is 437 Å². The molecule has 8 atom stereocenters. The zero-order valence-corrected chi connectivity index (χ0v) is 42.0. The van der Waals surface area contributed by atoms with Crippen LogP contribution in [-0.2, 0) is 64.0 Å². The van der Waals surface area contributed by atoms with Gasteiger partial charge in [0.2, 0.25) is 70.9 Å². The van der Waals surface area contributed by atoms with Crippen molar-refractivity contribution in [1.29, 1.82) is 0 Å². The molecular weight excluding hydrogens is 969 g/mol. The highest BCUT2D eigenvalue weighted by molar-refractivity contribution is 6.00. The number of phenolic OH excluding ortho intramolecular Hbond substituents is 1. The Labute approximate surface area is 428 Å². The van der Waals surface area contributed by atoms with Crippen LogP contribution in [0.25, 0.3) is 0 Å². The van der Waals surface area contributed by atoms with E-state index in [0.717, 1.165) is 37.0 Å². The molecule has 0 bridgehead atoms. The first-order valence-electron chi connectivity index (χ1n) is 24.9. The molecular formula is C48H74N12O14. The van der Waals surface area contributed by atoms with Crippen LogP contribution in [0.15, 0.2) is 24.3 Å². The van der Waals surface area contributed by atoms with Crippen LogP contribution in [-0.4, -0.2) is 147 Å². The minimum absolute atomic E-state index is 0.00252. The van der Waals surface area contributed by atoms with Crippen molar-refractivity contribution in [2.45, 2.75) is 171 Å². The van der Waals surface area contributed by atoms with E-state index in [4.69, 9.17) is 22.9 Å². The van der Waals surface area contributed by atoms with Gasteiger partial charge in [-0.15, -0.1) is 0 Å². The van der Waals surface area contributed by atoms with Gasteiger partial charge in [-0.3, -0.25) is 57.5 Å². The van der Waals surface area contributed by atoms with E-state index >= 15 is 0 Å². The van der Waals surface area contributed by atoms with Gasteiger partial charge < -0.3 is 75.3 Å². The lowest BCUT2D eigenvalue weighted by Gasteiger charge is -2.31. The summed E-state index contributed by atoms with van der Waals surface area (Å²) in [6, 6.07) is -7.36. The number of phenols is 1. The van der Waals surface area contributed by atoms with Crippen molar-refractivity contribution < 1.29 is 67.7 Å². The molecule has 2 saturated heterocycles. The monoisotopic (exact) mass is 1040 g/mol. The zero-order valence-electron chi connectivity index (χ0n) is 42.0. The lowest BCUT2D eigenvalue weighted by molar-refractivity contribution is -0.143. The van der Waals surface area contributed by atoms with Gasteiger partial charge in [-0.05, 0) is 49.3 Å². The van der Waals surface area contributed by atoms with Crippen LogP contribution in [0.5, 0.6) is 5.75 Å². The first-order valence-corrected chi connectivity index (χ1v) is 24.9. The maximum atomic E-state index is 14.3. The van der Waals surface area contributed by atoms with Crippen LogP contribution >= 0.6 is 0 Å². The molecule has 0 aliphatic carbocycles. The van der Waals surface area contributed by atoms with Gasteiger partial charge in [0, 0.05) is 31.8 Å². The van der Waals surface area contributed by atoms with Crippen molar-refractivity contribution in [1.82, 2.24) is 42.1 Å². The summed E-state index contributed by atoms with van der Waals surface area (Å²) in [5.41, 5.74) is 22.2. The molecule has 0 spiro atoms. The quantitative estimate of drug-likeness (QED) is 0.0529. The molecule has 3 rings (SSSR count). The molecule has 26 heteroatoms. The Bertz CT molecular complexity index is 2180. The lowest BCUT2D eigenvalue weighted by atomic mass is 10.0. The number of nitrogens with zero attached hydrogens (tertiary/aromatic N) is 1. The molecule has 2 aliphatic heterocycles. The lowest BCUT2D eigenvalue weighted by Crippen LogP contribution is -2.60. The van der Waals surface area contributed by atoms with Crippen LogP contribution in [0.1, 0.15) is 122 Å². The third-order valence-corrected chi connectivity index (χ3v) is 12.5. The molecule has 12 amide bonds. The van der Waals surface area contributed by atoms with Gasteiger partial charge in [0.05, 0.1) is 25.9 Å². The van der Waals surface area contributed by atoms with E-state index in [0.29, 0.717) is 24.3 Å². The number of nitrogens with one attached hydrogen (secondary N) is 7. The second-order valence-electron chi connectivity index (χ2n) is 19.2. The maximum absolute atomic E-state index is 14.3. The fourth-order valence-electron chi connectivity index (χ4n) is 8.56. The Morgan fingerprint density at radius 2 is 1.05 bits per heavy atom. The highest BCUT2D eigenvalue weighted by Gasteiger charge is 2.41. The number of aromatic hydroxyl groups is 1. The summed E-state index contributed by atoms with van der Waals surface area (Å²) >= 11 is 0. The predicted octanol–water partition coefficient (Wildman–Crippen LogP) is -3.62. The molecule has 0 radical (unpaired) electrons. The fourth-order valence-corrected chi connectivity index (χ4v) is 8.56. The average molecular weight is 1040 g/mol. The summed E-state index contributed by atoms with van der Waals surface area (Å²) in [6.07, 6.45) is 2.21. The Kier molecular flexibility index (Phi) is 25.2. The number of carbonyl (C=O) groups is 12. The molecule has 2 heterocycles. The number of fused-ring (bicyclic) bond motifs is 1. The number of rotatable bonds is 21. The molecule has 26 nitrogen and oxygen atoms in total. The molecule has 74 heavy (non-hydrogen) atoms. The summed E-state index contributed by atoms with van der Waals surface area (Å²) in [5.74, 6) is -12.0. The number of aliphatic hydroxyl groups excluding tert-OH is 1. The van der Waals surface area contributed by atoms with Crippen molar-refractivity contribution in [3.63, 3.8) is 0 Å². The van der Waals surface area contributed by atoms with E-state index in [1.807, 2.05) is 0 Å². The SMILES string of the molecule is CC(C)CCCCCCCC[C@H]1CC(=O)N[C@@H](CC(N)=O)C(=O)N[C@H](Cc2ccc(O)cc2)C(=O)N[C@H](CC(N)=O)C(=O)N[C@@H](CCC(N)=O)C(=O)N2CCC[C@H]2C(=O)N[C@H](CC(N)=O)C(=O)N[C@@H](CO)C(=O)N1. The molecule has 0 saturated carbocycles. The second-order valence-corrected chi connectivity index (χ2v) is 19.2. The van der Waals surface area contributed by atoms with Crippen LogP contribution in [0.3, 0.4) is 0 Å². The number of hydrogen-bond donors (Lipinski definition) is 13. The molecule has 0 aromatic heterocycles. The first kappa shape index (κ1) is 60.9. The highest BCUT2D eigenvalue weighted by Crippen LogP contribution is 2.21. The van der Waals surface area contributed by atoms with E-state index in [9.17, 15) is 67.7 Å². The van der Waals surface area contributed by atoms with Gasteiger partial charge in [0.15, 0.2) is 0 Å². The van der Waals surface area contributed by atoms with E-state index in [1.54, 1.807) is 0 Å². The van der Waals surface area contributed by atoms with Crippen LogP contribution in [0, 0.1) is 5.92 Å². The van der Waals surface area contributed by atoms with Crippen molar-refractivity contribution in [3.8, 4) is 5.75 Å². The molecule has 0 unspecified atom stereocenters. The minimum Gasteiger partial charge on any atom is -0.508 e. The summed E-state index contributed by atoms with van der Waals surface area (Å²) in [7, 11) is 0. The Morgan fingerprint density at radius 1 is 0.581 bits per heavy atom. The zero-order chi connectivity index (χ0) is 55.1. The highest BCUT2D eigenvalue weighted by atomic mass is 16.3. The van der Waals surface area contributed by atoms with E-state index in [1.165, 1.54) is 24.3 Å². The third kappa shape index (κ3) is 21.4. The van der Waals surface area contributed by atoms with Gasteiger partial charge in [-0.1, -0.05) is 70.9 Å². The van der Waals surface area contributed by atoms with Crippen LogP contribution in [0.4, 0.5) is 0 Å². The summed E-state index contributed by atoms with van der Waals surface area (Å²) < 4.78 is 0. The largest absolute Gasteiger partial charge is 0.508 e. The summed E-state index contributed by atoms with van der Waals surface area (Å²) in [6.45, 7) is 3.19. The average Bonchev–Trinajstić information content (AvgIpc) is 3.82. The third-order valence-electron chi connectivity index (χ3n) is 12.5. The van der Waals surface area contributed by atoms with E-state index in [-0.39, 0.29) is 38.0 Å². The molecule has 2 aliphatic rings. The minimum atomic E-state index is -1.86. The van der Waals surface area contributed by atoms with Crippen molar-refractivity contribution in [2.24, 2.45) is 28.9 Å². The number of benzene rings is 1. The summed E-state index contributed by atoms with van der Waals surface area (Å²) in [4.78, 5) is 162. The smallest absolute Gasteiger partial charge is 0.245 e. The van der Waals surface area contributed by atoms with E-state index in [2.05, 4.69) is 51.1 Å². The van der Waals surface area contributed by atoms with Crippen LogP contribution < -0.4 is 60.2 Å². The Hall–Kier alpha value is -7.38. The van der Waals surface area contributed by atoms with Gasteiger partial charge in [0.25, 0.3) is 0 Å². The van der Waals surface area contributed by atoms with Gasteiger partial charge >= 0.3 is 0 Å². The maximum Gasteiger partial charge on any atom is 0.245 e. The number of amides is 12. The Morgan fingerprint density at radius 3 is 1.59 bits per heavy atom. The normalized spacial score (nSPS) is 24.1. The summed E-state index contributed by atoms with van der Waals surface area (Å²) in [5, 5.41) is 37.2. The standard InChI is InChI=1S/C48H74N12O14/c1-26(2)10-7-5-3-4-6-8-11-28-21-41(67)54-32(22-38(50)64)43(69)56-31(20-27-13-15-29(62)16-14-27)42(68)57-33(23-39(51)65)44(70)55-30(17-18-37(49)63)48(74)60-19-9-12-36(60)47(73)58-34(24-40(52)66)45(71)59-35(25-61)46(72)53-28/h13-16,26,28,30-36,61-62H,3-12,17-25H2,1-2H3,(H2,49,63)(H2,50,64)(H2,51,65)(H2,52,66)(H,53,72)(H,54,67)(H,55,70)(H,56,69)(H,57,68)(H,58,73)(H,59,71)/t28-,30-,31+,32-,33+,34+,35-,36-/m0/s1. The number of aliphatic hydroxyl groups is 1. The fraction of sp³-hybridized carbons (Fsp3) is 0.625. The van der Waals surface area contributed by atoms with E-state index < -0.39 is 164 Å². The Balaban J connectivity index is 2.13. The molecule has 17 N–H and O–H groups in total.